The number of unbranched alkanes of at least 4 members (excludes halogenated alkanes) is 1. The first-order valence-electron chi connectivity index (χ1n) is 5.81. The summed E-state index contributed by atoms with van der Waals surface area (Å²) in [7, 11) is 0. The molecule has 0 spiro atoms. The standard InChI is InChI=1S/C12H23NO/c1-2-3-7-10-13-11-12(14)8-5-4-6-9-12/h2,13-14H,1,3-11H2. The molecule has 0 amide bonds. The predicted molar refractivity (Wildman–Crippen MR) is 60.3 cm³/mol. The molecule has 0 aromatic heterocycles. The highest BCUT2D eigenvalue weighted by atomic mass is 16.3. The lowest BCUT2D eigenvalue weighted by Crippen LogP contribution is -2.42. The first-order chi connectivity index (χ1) is 6.77. The summed E-state index contributed by atoms with van der Waals surface area (Å²) in [6.07, 6.45) is 9.74. The lowest BCUT2D eigenvalue weighted by Gasteiger charge is -2.32. The molecular weight excluding hydrogens is 174 g/mol. The molecule has 2 heteroatoms. The van der Waals surface area contributed by atoms with E-state index in [9.17, 15) is 5.11 Å². The van der Waals surface area contributed by atoms with Crippen molar-refractivity contribution < 1.29 is 5.11 Å². The maximum atomic E-state index is 10.1. The van der Waals surface area contributed by atoms with E-state index in [0.29, 0.717) is 0 Å². The van der Waals surface area contributed by atoms with Gasteiger partial charge in [0.25, 0.3) is 0 Å². The summed E-state index contributed by atoms with van der Waals surface area (Å²) in [6.45, 7) is 5.45. The van der Waals surface area contributed by atoms with Crippen molar-refractivity contribution >= 4 is 0 Å². The van der Waals surface area contributed by atoms with Gasteiger partial charge in [0.15, 0.2) is 0 Å². The van der Waals surface area contributed by atoms with Crippen LogP contribution in [0.2, 0.25) is 0 Å². The Kier molecular flexibility index (Phi) is 5.20. The molecular formula is C12H23NO. The highest BCUT2D eigenvalue weighted by Crippen LogP contribution is 2.27. The summed E-state index contributed by atoms with van der Waals surface area (Å²) in [6, 6.07) is 0. The molecule has 0 aromatic rings. The predicted octanol–water partition coefficient (Wildman–Crippen LogP) is 2.24. The van der Waals surface area contributed by atoms with Gasteiger partial charge in [-0.05, 0) is 32.2 Å². The lowest BCUT2D eigenvalue weighted by atomic mass is 9.85. The van der Waals surface area contributed by atoms with E-state index in [4.69, 9.17) is 0 Å². The van der Waals surface area contributed by atoms with Gasteiger partial charge < -0.3 is 10.4 Å². The molecule has 0 aliphatic heterocycles. The highest BCUT2D eigenvalue weighted by molar-refractivity contribution is 4.84. The van der Waals surface area contributed by atoms with Crippen LogP contribution in [0.3, 0.4) is 0 Å². The number of hydrogen-bond donors (Lipinski definition) is 2. The number of allylic oxidation sites excluding steroid dienone is 1. The van der Waals surface area contributed by atoms with Crippen LogP contribution in [0.4, 0.5) is 0 Å². The average Bonchev–Trinajstić information content (AvgIpc) is 2.18. The van der Waals surface area contributed by atoms with Crippen LogP contribution in [0, 0.1) is 0 Å². The summed E-state index contributed by atoms with van der Waals surface area (Å²) in [4.78, 5) is 0. The van der Waals surface area contributed by atoms with E-state index in [-0.39, 0.29) is 0 Å². The van der Waals surface area contributed by atoms with E-state index in [2.05, 4.69) is 11.9 Å². The molecule has 14 heavy (non-hydrogen) atoms. The summed E-state index contributed by atoms with van der Waals surface area (Å²) in [5, 5.41) is 13.5. The molecule has 1 saturated carbocycles. The van der Waals surface area contributed by atoms with Gasteiger partial charge in [0.2, 0.25) is 0 Å². The van der Waals surface area contributed by atoms with Gasteiger partial charge in [-0.15, -0.1) is 6.58 Å². The number of aliphatic hydroxyl groups is 1. The Bertz CT molecular complexity index is 162. The van der Waals surface area contributed by atoms with Crippen LogP contribution in [0.1, 0.15) is 44.9 Å². The van der Waals surface area contributed by atoms with Crippen LogP contribution in [0.25, 0.3) is 0 Å². The van der Waals surface area contributed by atoms with E-state index >= 15 is 0 Å². The minimum Gasteiger partial charge on any atom is -0.389 e. The monoisotopic (exact) mass is 197 g/mol. The minimum atomic E-state index is -0.410. The van der Waals surface area contributed by atoms with Gasteiger partial charge in [-0.2, -0.15) is 0 Å². The van der Waals surface area contributed by atoms with Gasteiger partial charge in [-0.25, -0.2) is 0 Å². The van der Waals surface area contributed by atoms with Gasteiger partial charge in [-0.1, -0.05) is 25.3 Å². The lowest BCUT2D eigenvalue weighted by molar-refractivity contribution is 0.00508. The van der Waals surface area contributed by atoms with Crippen LogP contribution >= 0.6 is 0 Å². The molecule has 1 fully saturated rings. The summed E-state index contributed by atoms with van der Waals surface area (Å²) in [5.41, 5.74) is -0.410. The van der Waals surface area contributed by atoms with Crippen molar-refractivity contribution in [3.05, 3.63) is 12.7 Å². The first kappa shape index (κ1) is 11.7. The zero-order valence-corrected chi connectivity index (χ0v) is 9.10. The molecule has 1 aliphatic carbocycles. The van der Waals surface area contributed by atoms with Crippen LogP contribution in [0.15, 0.2) is 12.7 Å². The molecule has 0 unspecified atom stereocenters. The molecule has 2 nitrogen and oxygen atoms in total. The van der Waals surface area contributed by atoms with Crippen molar-refractivity contribution in [2.75, 3.05) is 13.1 Å². The van der Waals surface area contributed by atoms with Crippen molar-refractivity contribution in [2.24, 2.45) is 0 Å². The van der Waals surface area contributed by atoms with E-state index in [1.807, 2.05) is 6.08 Å². The Morgan fingerprint density at radius 1 is 1.29 bits per heavy atom. The SMILES string of the molecule is C=CCCCNCC1(O)CCCCC1. The number of hydrogen-bond acceptors (Lipinski definition) is 2. The molecule has 0 saturated heterocycles. The summed E-state index contributed by atoms with van der Waals surface area (Å²) in [5.74, 6) is 0. The van der Waals surface area contributed by atoms with Crippen molar-refractivity contribution in [3.63, 3.8) is 0 Å². The topological polar surface area (TPSA) is 32.3 Å². The van der Waals surface area contributed by atoms with E-state index < -0.39 is 5.60 Å². The average molecular weight is 197 g/mol. The van der Waals surface area contributed by atoms with Crippen LogP contribution in [-0.4, -0.2) is 23.8 Å². The fourth-order valence-electron chi connectivity index (χ4n) is 2.08. The van der Waals surface area contributed by atoms with Gasteiger partial charge in [0, 0.05) is 6.54 Å². The molecule has 82 valence electrons. The normalized spacial score (nSPS) is 20.6. The number of rotatable bonds is 6. The molecule has 0 bridgehead atoms. The molecule has 1 aliphatic rings. The largest absolute Gasteiger partial charge is 0.389 e. The minimum absolute atomic E-state index is 0.410. The third-order valence-corrected chi connectivity index (χ3v) is 3.00. The van der Waals surface area contributed by atoms with E-state index in [1.54, 1.807) is 0 Å². The Morgan fingerprint density at radius 3 is 2.64 bits per heavy atom. The Balaban J connectivity index is 2.06. The maximum absolute atomic E-state index is 10.1. The fraction of sp³-hybridized carbons (Fsp3) is 0.833. The zero-order valence-electron chi connectivity index (χ0n) is 9.10. The Hall–Kier alpha value is -0.340. The van der Waals surface area contributed by atoms with E-state index in [1.165, 1.54) is 19.3 Å². The molecule has 0 atom stereocenters. The molecule has 2 N–H and O–H groups in total. The maximum Gasteiger partial charge on any atom is 0.0771 e. The third kappa shape index (κ3) is 4.25. The quantitative estimate of drug-likeness (QED) is 0.505. The van der Waals surface area contributed by atoms with Gasteiger partial charge >= 0.3 is 0 Å². The van der Waals surface area contributed by atoms with Crippen LogP contribution in [0.5, 0.6) is 0 Å². The second-order valence-corrected chi connectivity index (χ2v) is 4.39. The Morgan fingerprint density at radius 2 is 2.00 bits per heavy atom. The van der Waals surface area contributed by atoms with Gasteiger partial charge in [0.05, 0.1) is 5.60 Å². The highest BCUT2D eigenvalue weighted by Gasteiger charge is 2.28. The van der Waals surface area contributed by atoms with Gasteiger partial charge in [-0.3, -0.25) is 0 Å². The second-order valence-electron chi connectivity index (χ2n) is 4.39. The second kappa shape index (κ2) is 6.20. The number of nitrogens with one attached hydrogen (secondary N) is 1. The fourth-order valence-corrected chi connectivity index (χ4v) is 2.08. The molecule has 1 rings (SSSR count). The summed E-state index contributed by atoms with van der Waals surface area (Å²) >= 11 is 0. The molecule has 0 heterocycles. The van der Waals surface area contributed by atoms with Crippen molar-refractivity contribution in [1.29, 1.82) is 0 Å². The Labute approximate surface area is 87.4 Å². The van der Waals surface area contributed by atoms with Crippen LogP contribution in [-0.2, 0) is 0 Å². The van der Waals surface area contributed by atoms with Crippen molar-refractivity contribution in [3.8, 4) is 0 Å². The molecule has 0 aromatic carbocycles. The smallest absolute Gasteiger partial charge is 0.0771 e. The van der Waals surface area contributed by atoms with Gasteiger partial charge in [0.1, 0.15) is 0 Å². The molecule has 0 radical (unpaired) electrons. The first-order valence-corrected chi connectivity index (χ1v) is 5.81. The van der Waals surface area contributed by atoms with Crippen molar-refractivity contribution in [1.82, 2.24) is 5.32 Å². The zero-order chi connectivity index (χ0) is 10.3. The van der Waals surface area contributed by atoms with Crippen molar-refractivity contribution in [2.45, 2.75) is 50.5 Å². The van der Waals surface area contributed by atoms with Crippen LogP contribution < -0.4 is 5.32 Å². The summed E-state index contributed by atoms with van der Waals surface area (Å²) < 4.78 is 0. The van der Waals surface area contributed by atoms with E-state index in [0.717, 1.165) is 38.8 Å². The third-order valence-electron chi connectivity index (χ3n) is 3.00.